The van der Waals surface area contributed by atoms with Gasteiger partial charge in [-0.2, -0.15) is 11.8 Å². The van der Waals surface area contributed by atoms with Crippen LogP contribution in [0.1, 0.15) is 32.8 Å². The number of carbonyl (C=O) groups is 1. The molecule has 0 bridgehead atoms. The largest absolute Gasteiger partial charge is 0.381 e. The van der Waals surface area contributed by atoms with E-state index in [9.17, 15) is 4.79 Å². The second-order valence-corrected chi connectivity index (χ2v) is 7.92. The van der Waals surface area contributed by atoms with Gasteiger partial charge in [0.25, 0.3) is 0 Å². The van der Waals surface area contributed by atoms with E-state index in [0.29, 0.717) is 11.5 Å². The lowest BCUT2D eigenvalue weighted by molar-refractivity contribution is -0.116. The van der Waals surface area contributed by atoms with E-state index in [0.717, 1.165) is 18.7 Å². The fourth-order valence-corrected chi connectivity index (χ4v) is 4.80. The van der Waals surface area contributed by atoms with Gasteiger partial charge in [-0.3, -0.25) is 4.79 Å². The first-order valence-electron chi connectivity index (χ1n) is 7.73. The molecule has 0 aliphatic carbocycles. The van der Waals surface area contributed by atoms with Gasteiger partial charge >= 0.3 is 0 Å². The third-order valence-electron chi connectivity index (χ3n) is 4.81. The Bertz CT molecular complexity index is 556. The molecule has 3 nitrogen and oxygen atoms in total. The van der Waals surface area contributed by atoms with Crippen LogP contribution in [0.5, 0.6) is 0 Å². The van der Waals surface area contributed by atoms with Gasteiger partial charge in [0.2, 0.25) is 5.91 Å². The normalized spacial score (nSPS) is 23.8. The molecule has 0 radical (unpaired) electrons. The van der Waals surface area contributed by atoms with Crippen LogP contribution in [0.25, 0.3) is 0 Å². The summed E-state index contributed by atoms with van der Waals surface area (Å²) in [5.41, 5.74) is 3.91. The number of thioether (sulfide) groups is 1. The number of fused-ring (bicyclic) bond motifs is 1. The Labute approximate surface area is 131 Å². The molecule has 0 saturated carbocycles. The number of hydrogen-bond acceptors (Lipinski definition) is 3. The summed E-state index contributed by atoms with van der Waals surface area (Å²) < 4.78 is 0. The molecule has 2 heterocycles. The van der Waals surface area contributed by atoms with Crippen molar-refractivity contribution in [1.82, 2.24) is 0 Å². The van der Waals surface area contributed by atoms with E-state index in [-0.39, 0.29) is 5.91 Å². The van der Waals surface area contributed by atoms with Crippen molar-refractivity contribution in [2.45, 2.75) is 39.7 Å². The van der Waals surface area contributed by atoms with E-state index >= 15 is 0 Å². The Balaban J connectivity index is 1.77. The van der Waals surface area contributed by atoms with Crippen molar-refractivity contribution in [2.75, 3.05) is 28.3 Å². The summed E-state index contributed by atoms with van der Waals surface area (Å²) in [5, 5.41) is 3.72. The van der Waals surface area contributed by atoms with Crippen LogP contribution in [-0.2, 0) is 11.2 Å². The lowest BCUT2D eigenvalue weighted by Gasteiger charge is -2.39. The molecular formula is C17H24N2OS. The van der Waals surface area contributed by atoms with E-state index < -0.39 is 0 Å². The molecule has 114 valence electrons. The van der Waals surface area contributed by atoms with Crippen molar-refractivity contribution >= 4 is 29.0 Å². The highest BCUT2D eigenvalue weighted by Gasteiger charge is 2.32. The summed E-state index contributed by atoms with van der Waals surface area (Å²) in [6, 6.07) is 6.96. The minimum atomic E-state index is 0.138. The quantitative estimate of drug-likeness (QED) is 0.907. The third-order valence-corrected chi connectivity index (χ3v) is 5.88. The molecule has 21 heavy (non-hydrogen) atoms. The predicted octanol–water partition coefficient (Wildman–Crippen LogP) is 3.54. The highest BCUT2D eigenvalue weighted by molar-refractivity contribution is 7.99. The monoisotopic (exact) mass is 304 g/mol. The van der Waals surface area contributed by atoms with E-state index in [1.807, 2.05) is 16.7 Å². The Morgan fingerprint density at radius 1 is 1.43 bits per heavy atom. The average Bonchev–Trinajstić information content (AvgIpc) is 2.84. The van der Waals surface area contributed by atoms with Crippen molar-refractivity contribution in [3.8, 4) is 0 Å². The van der Waals surface area contributed by atoms with Gasteiger partial charge in [0, 0.05) is 36.6 Å². The number of nitrogens with one attached hydrogen (secondary N) is 1. The van der Waals surface area contributed by atoms with Crippen molar-refractivity contribution < 1.29 is 4.79 Å². The van der Waals surface area contributed by atoms with E-state index in [2.05, 4.69) is 37.4 Å². The van der Waals surface area contributed by atoms with E-state index in [1.54, 1.807) is 6.92 Å². The zero-order valence-corrected chi connectivity index (χ0v) is 13.9. The molecule has 1 unspecified atom stereocenters. The zero-order chi connectivity index (χ0) is 15.0. The Morgan fingerprint density at radius 3 is 2.95 bits per heavy atom. The molecule has 0 spiro atoms. The van der Waals surface area contributed by atoms with Crippen molar-refractivity contribution in [2.24, 2.45) is 5.41 Å². The standard InChI is InChI=1S/C17H24N2OS/c1-12(20)19-8-6-13-10-14(4-5-15(13)19)18-16-11-21-9-7-17(16,2)3/h4-5,10,16,18H,6-9,11H2,1-3H3. The maximum absolute atomic E-state index is 11.6. The highest BCUT2D eigenvalue weighted by Crippen LogP contribution is 2.37. The van der Waals surface area contributed by atoms with Crippen LogP contribution in [0.4, 0.5) is 11.4 Å². The Morgan fingerprint density at radius 2 is 2.24 bits per heavy atom. The van der Waals surface area contributed by atoms with Gasteiger partial charge in [0.05, 0.1) is 0 Å². The van der Waals surface area contributed by atoms with Crippen LogP contribution >= 0.6 is 11.8 Å². The van der Waals surface area contributed by atoms with Gasteiger partial charge in [0.15, 0.2) is 0 Å². The van der Waals surface area contributed by atoms with Gasteiger partial charge < -0.3 is 10.2 Å². The number of hydrogen-bond donors (Lipinski definition) is 1. The molecule has 1 aromatic carbocycles. The Hall–Kier alpha value is -1.16. The van der Waals surface area contributed by atoms with Gasteiger partial charge in [-0.1, -0.05) is 13.8 Å². The number of rotatable bonds is 2. The maximum atomic E-state index is 11.6. The van der Waals surface area contributed by atoms with Crippen LogP contribution in [-0.4, -0.2) is 30.0 Å². The zero-order valence-electron chi connectivity index (χ0n) is 13.1. The van der Waals surface area contributed by atoms with Crippen LogP contribution in [0.3, 0.4) is 0 Å². The lowest BCUT2D eigenvalue weighted by atomic mass is 9.82. The van der Waals surface area contributed by atoms with E-state index in [1.165, 1.54) is 29.2 Å². The predicted molar refractivity (Wildman–Crippen MR) is 91.3 cm³/mol. The van der Waals surface area contributed by atoms with E-state index in [4.69, 9.17) is 0 Å². The first-order valence-corrected chi connectivity index (χ1v) is 8.88. The van der Waals surface area contributed by atoms with Crippen molar-refractivity contribution in [3.05, 3.63) is 23.8 Å². The lowest BCUT2D eigenvalue weighted by Crippen LogP contribution is -2.41. The molecule has 2 aliphatic rings. The maximum Gasteiger partial charge on any atom is 0.223 e. The Kier molecular flexibility index (Phi) is 3.91. The van der Waals surface area contributed by atoms with Crippen molar-refractivity contribution in [1.29, 1.82) is 0 Å². The van der Waals surface area contributed by atoms with Crippen LogP contribution < -0.4 is 10.2 Å². The molecule has 1 N–H and O–H groups in total. The molecular weight excluding hydrogens is 280 g/mol. The third kappa shape index (κ3) is 2.91. The van der Waals surface area contributed by atoms with Crippen molar-refractivity contribution in [3.63, 3.8) is 0 Å². The fourth-order valence-electron chi connectivity index (χ4n) is 3.19. The first kappa shape index (κ1) is 14.8. The van der Waals surface area contributed by atoms with Gasteiger partial charge in [-0.15, -0.1) is 0 Å². The highest BCUT2D eigenvalue weighted by atomic mass is 32.2. The second-order valence-electron chi connectivity index (χ2n) is 6.77. The summed E-state index contributed by atoms with van der Waals surface area (Å²) in [6.45, 7) is 7.17. The summed E-state index contributed by atoms with van der Waals surface area (Å²) in [4.78, 5) is 13.5. The van der Waals surface area contributed by atoms with Crippen LogP contribution in [0.15, 0.2) is 18.2 Å². The number of nitrogens with zero attached hydrogens (tertiary/aromatic N) is 1. The number of carbonyl (C=O) groups excluding carboxylic acids is 1. The number of benzene rings is 1. The van der Waals surface area contributed by atoms with Gasteiger partial charge in [0.1, 0.15) is 0 Å². The summed E-state index contributed by atoms with van der Waals surface area (Å²) in [6.07, 6.45) is 2.23. The molecule has 1 atom stereocenters. The fraction of sp³-hybridized carbons (Fsp3) is 0.588. The smallest absolute Gasteiger partial charge is 0.223 e. The average molecular weight is 304 g/mol. The molecule has 1 amide bonds. The summed E-state index contributed by atoms with van der Waals surface area (Å²) >= 11 is 2.04. The summed E-state index contributed by atoms with van der Waals surface area (Å²) in [7, 11) is 0. The molecule has 1 saturated heterocycles. The molecule has 0 aromatic heterocycles. The minimum Gasteiger partial charge on any atom is -0.381 e. The second kappa shape index (κ2) is 5.56. The molecule has 4 heteroatoms. The molecule has 1 fully saturated rings. The topological polar surface area (TPSA) is 32.3 Å². The SMILES string of the molecule is CC(=O)N1CCc2cc(NC3CSCCC3(C)C)ccc21. The molecule has 2 aliphatic heterocycles. The van der Waals surface area contributed by atoms with Crippen LogP contribution in [0.2, 0.25) is 0 Å². The molecule has 3 rings (SSSR count). The number of amides is 1. The van der Waals surface area contributed by atoms with Crippen LogP contribution in [0, 0.1) is 5.41 Å². The summed E-state index contributed by atoms with van der Waals surface area (Å²) in [5.74, 6) is 2.58. The first-order chi connectivity index (χ1) is 9.97. The molecule has 1 aromatic rings. The van der Waals surface area contributed by atoms with Gasteiger partial charge in [-0.25, -0.2) is 0 Å². The minimum absolute atomic E-state index is 0.138. The van der Waals surface area contributed by atoms with Gasteiger partial charge in [-0.05, 0) is 47.8 Å². The number of anilines is 2.